The Balaban J connectivity index is 1.92. The molecule has 0 aromatic heterocycles. The molecule has 0 aliphatic rings. The lowest BCUT2D eigenvalue weighted by Crippen LogP contribution is -2.09. The third-order valence-corrected chi connectivity index (χ3v) is 5.41. The van der Waals surface area contributed by atoms with Crippen LogP contribution in [-0.2, 0) is 9.84 Å². The third-order valence-electron chi connectivity index (χ3n) is 3.70. The van der Waals surface area contributed by atoms with E-state index in [1.165, 1.54) is 24.3 Å². The predicted octanol–water partition coefficient (Wildman–Crippen LogP) is 3.73. The van der Waals surface area contributed by atoms with Crippen molar-refractivity contribution in [1.29, 1.82) is 0 Å². The van der Waals surface area contributed by atoms with Crippen LogP contribution in [-0.4, -0.2) is 31.0 Å². The zero-order chi connectivity index (χ0) is 17.9. The SMILES string of the molecule is O=S(=O)(CCO)c1ccc(N=Nc2c(O)ccc3ccccc23)cc1. The average molecular weight is 356 g/mol. The molecular formula is C18H16N2O4S. The van der Waals surface area contributed by atoms with Crippen molar-refractivity contribution < 1.29 is 18.6 Å². The van der Waals surface area contributed by atoms with Crippen LogP contribution in [0.1, 0.15) is 0 Å². The number of fused-ring (bicyclic) bond motifs is 1. The molecule has 2 N–H and O–H groups in total. The number of phenolic OH excluding ortho intramolecular Hbond substituents is 1. The van der Waals surface area contributed by atoms with E-state index in [4.69, 9.17) is 5.11 Å². The highest BCUT2D eigenvalue weighted by molar-refractivity contribution is 7.91. The lowest BCUT2D eigenvalue weighted by atomic mass is 10.1. The van der Waals surface area contributed by atoms with Gasteiger partial charge in [0.05, 0.1) is 22.9 Å². The number of aliphatic hydroxyl groups is 1. The zero-order valence-electron chi connectivity index (χ0n) is 13.2. The van der Waals surface area contributed by atoms with Gasteiger partial charge in [0.15, 0.2) is 9.84 Å². The number of aromatic hydroxyl groups is 1. The van der Waals surface area contributed by atoms with E-state index < -0.39 is 16.4 Å². The Bertz CT molecular complexity index is 1030. The van der Waals surface area contributed by atoms with Crippen LogP contribution in [0.15, 0.2) is 75.8 Å². The molecule has 0 radical (unpaired) electrons. The van der Waals surface area contributed by atoms with Gasteiger partial charge in [-0.3, -0.25) is 0 Å². The summed E-state index contributed by atoms with van der Waals surface area (Å²) in [5.41, 5.74) is 0.811. The topological polar surface area (TPSA) is 99.3 Å². The molecule has 0 aliphatic heterocycles. The normalized spacial score (nSPS) is 12.0. The van der Waals surface area contributed by atoms with Gasteiger partial charge in [0.2, 0.25) is 0 Å². The zero-order valence-corrected chi connectivity index (χ0v) is 14.0. The Morgan fingerprint density at radius 1 is 0.880 bits per heavy atom. The molecule has 3 aromatic carbocycles. The molecule has 3 aromatic rings. The van der Waals surface area contributed by atoms with Gasteiger partial charge in [-0.05, 0) is 35.7 Å². The summed E-state index contributed by atoms with van der Waals surface area (Å²) < 4.78 is 23.7. The number of aliphatic hydroxyl groups excluding tert-OH is 1. The van der Waals surface area contributed by atoms with Crippen molar-refractivity contribution in [3.05, 3.63) is 60.7 Å². The fourth-order valence-electron chi connectivity index (χ4n) is 2.41. The Morgan fingerprint density at radius 3 is 2.32 bits per heavy atom. The standard InChI is InChI=1S/C18H16N2O4S/c21-11-12-25(23,24)15-8-6-14(7-9-15)19-20-18-16-4-2-1-3-13(16)5-10-17(18)22/h1-10,21-22H,11-12H2. The average Bonchev–Trinajstić information content (AvgIpc) is 2.61. The Hall–Kier alpha value is -2.77. The van der Waals surface area contributed by atoms with E-state index >= 15 is 0 Å². The first-order valence-electron chi connectivity index (χ1n) is 7.57. The first-order chi connectivity index (χ1) is 12.0. The lowest BCUT2D eigenvalue weighted by molar-refractivity contribution is 0.319. The second kappa shape index (κ2) is 7.00. The molecule has 0 unspecified atom stereocenters. The molecule has 0 amide bonds. The largest absolute Gasteiger partial charge is 0.506 e. The molecular weight excluding hydrogens is 340 g/mol. The minimum atomic E-state index is -3.49. The monoisotopic (exact) mass is 356 g/mol. The van der Waals surface area contributed by atoms with E-state index in [1.54, 1.807) is 12.1 Å². The minimum absolute atomic E-state index is 0.0181. The molecule has 128 valence electrons. The van der Waals surface area contributed by atoms with Gasteiger partial charge in [0.25, 0.3) is 0 Å². The fraction of sp³-hybridized carbons (Fsp3) is 0.111. The number of benzene rings is 3. The van der Waals surface area contributed by atoms with Crippen LogP contribution >= 0.6 is 0 Å². The summed E-state index contributed by atoms with van der Waals surface area (Å²) in [7, 11) is -3.49. The highest BCUT2D eigenvalue weighted by Crippen LogP contribution is 2.36. The van der Waals surface area contributed by atoms with E-state index in [-0.39, 0.29) is 16.4 Å². The van der Waals surface area contributed by atoms with Crippen molar-refractivity contribution >= 4 is 32.0 Å². The molecule has 0 atom stereocenters. The molecule has 0 fully saturated rings. The number of phenols is 1. The molecule has 0 saturated carbocycles. The van der Waals surface area contributed by atoms with E-state index in [1.807, 2.05) is 24.3 Å². The number of hydrogen-bond donors (Lipinski definition) is 2. The summed E-state index contributed by atoms with van der Waals surface area (Å²) in [6.07, 6.45) is 0. The third kappa shape index (κ3) is 3.67. The van der Waals surface area contributed by atoms with Crippen LogP contribution < -0.4 is 0 Å². The fourth-order valence-corrected chi connectivity index (χ4v) is 3.44. The molecule has 0 bridgehead atoms. The van der Waals surface area contributed by atoms with E-state index in [2.05, 4.69) is 10.2 Å². The Morgan fingerprint density at radius 2 is 1.60 bits per heavy atom. The van der Waals surface area contributed by atoms with Gasteiger partial charge in [0, 0.05) is 5.39 Å². The van der Waals surface area contributed by atoms with Gasteiger partial charge >= 0.3 is 0 Å². The summed E-state index contributed by atoms with van der Waals surface area (Å²) >= 11 is 0. The van der Waals surface area contributed by atoms with Crippen LogP contribution in [0.25, 0.3) is 10.8 Å². The summed E-state index contributed by atoms with van der Waals surface area (Å²) in [5, 5.41) is 28.7. The summed E-state index contributed by atoms with van der Waals surface area (Å²) in [6.45, 7) is -0.426. The van der Waals surface area contributed by atoms with Gasteiger partial charge in [-0.15, -0.1) is 5.11 Å². The molecule has 25 heavy (non-hydrogen) atoms. The second-order valence-corrected chi connectivity index (χ2v) is 7.50. The molecule has 0 saturated heterocycles. The van der Waals surface area contributed by atoms with Gasteiger partial charge in [-0.25, -0.2) is 8.42 Å². The maximum Gasteiger partial charge on any atom is 0.180 e. The van der Waals surface area contributed by atoms with Gasteiger partial charge in [0.1, 0.15) is 11.4 Å². The molecule has 0 aliphatic carbocycles. The number of rotatable bonds is 5. The van der Waals surface area contributed by atoms with Crippen molar-refractivity contribution in [3.8, 4) is 5.75 Å². The van der Waals surface area contributed by atoms with Crippen LogP contribution in [0, 0.1) is 0 Å². The first kappa shape index (κ1) is 17.1. The van der Waals surface area contributed by atoms with Crippen molar-refractivity contribution in [2.45, 2.75) is 4.90 Å². The summed E-state index contributed by atoms with van der Waals surface area (Å²) in [6, 6.07) is 16.7. The highest BCUT2D eigenvalue weighted by Gasteiger charge is 2.13. The maximum atomic E-state index is 11.9. The van der Waals surface area contributed by atoms with E-state index in [0.717, 1.165) is 10.8 Å². The first-order valence-corrected chi connectivity index (χ1v) is 9.22. The van der Waals surface area contributed by atoms with Crippen LogP contribution in [0.2, 0.25) is 0 Å². The Labute approximate surface area is 145 Å². The number of sulfone groups is 1. The Kier molecular flexibility index (Phi) is 4.78. The quantitative estimate of drug-likeness (QED) is 0.680. The molecule has 3 rings (SSSR count). The lowest BCUT2D eigenvalue weighted by Gasteiger charge is -2.04. The van der Waals surface area contributed by atoms with Gasteiger partial charge in [-0.1, -0.05) is 30.3 Å². The smallest absolute Gasteiger partial charge is 0.180 e. The van der Waals surface area contributed by atoms with E-state index in [0.29, 0.717) is 11.4 Å². The summed E-state index contributed by atoms with van der Waals surface area (Å²) in [5.74, 6) is -0.304. The molecule has 0 spiro atoms. The van der Waals surface area contributed by atoms with Crippen LogP contribution in [0.4, 0.5) is 11.4 Å². The van der Waals surface area contributed by atoms with E-state index in [9.17, 15) is 13.5 Å². The van der Waals surface area contributed by atoms with Crippen LogP contribution in [0.5, 0.6) is 5.75 Å². The second-order valence-electron chi connectivity index (χ2n) is 5.39. The van der Waals surface area contributed by atoms with Gasteiger partial charge < -0.3 is 10.2 Å². The number of nitrogens with zero attached hydrogens (tertiary/aromatic N) is 2. The van der Waals surface area contributed by atoms with Crippen LogP contribution in [0.3, 0.4) is 0 Å². The highest BCUT2D eigenvalue weighted by atomic mass is 32.2. The van der Waals surface area contributed by atoms with Gasteiger partial charge in [-0.2, -0.15) is 5.11 Å². The predicted molar refractivity (Wildman–Crippen MR) is 95.4 cm³/mol. The van der Waals surface area contributed by atoms with Crippen molar-refractivity contribution in [1.82, 2.24) is 0 Å². The van der Waals surface area contributed by atoms with Crippen molar-refractivity contribution in [2.75, 3.05) is 12.4 Å². The van der Waals surface area contributed by atoms with Crippen molar-refractivity contribution in [2.24, 2.45) is 10.2 Å². The molecule has 7 heteroatoms. The number of azo groups is 1. The number of hydrogen-bond acceptors (Lipinski definition) is 6. The molecule has 0 heterocycles. The minimum Gasteiger partial charge on any atom is -0.506 e. The molecule has 6 nitrogen and oxygen atoms in total. The maximum absolute atomic E-state index is 11.9. The summed E-state index contributed by atoms with van der Waals surface area (Å²) in [4.78, 5) is 0.119. The van der Waals surface area contributed by atoms with Crippen molar-refractivity contribution in [3.63, 3.8) is 0 Å².